The van der Waals surface area contributed by atoms with Gasteiger partial charge in [-0.2, -0.15) is 4.31 Å². The second-order valence-electron chi connectivity index (χ2n) is 5.03. The molecule has 1 saturated heterocycles. The summed E-state index contributed by atoms with van der Waals surface area (Å²) < 4.78 is 27.3. The fourth-order valence-corrected chi connectivity index (χ4v) is 5.33. The highest BCUT2D eigenvalue weighted by Crippen LogP contribution is 2.26. The molecular weight excluding hydrogens is 282 g/mol. The lowest BCUT2D eigenvalue weighted by atomic mass is 10.2. The highest BCUT2D eigenvalue weighted by Gasteiger charge is 2.33. The molecule has 1 aromatic heterocycles. The van der Waals surface area contributed by atoms with Crippen LogP contribution in [0.4, 0.5) is 0 Å². The summed E-state index contributed by atoms with van der Waals surface area (Å²) in [5.41, 5.74) is 1.02. The molecule has 0 spiro atoms. The van der Waals surface area contributed by atoms with Crippen LogP contribution in [0.3, 0.4) is 0 Å². The number of likely N-dealkylation sites (N-methyl/N-ethyl adjacent to an activating group) is 1. The van der Waals surface area contributed by atoms with E-state index in [0.717, 1.165) is 18.7 Å². The zero-order chi connectivity index (χ0) is 14.0. The molecule has 2 heterocycles. The van der Waals surface area contributed by atoms with Gasteiger partial charge in [0.2, 0.25) is 0 Å². The molecule has 0 radical (unpaired) electrons. The maximum absolute atomic E-state index is 12.6. The molecule has 5 nitrogen and oxygen atoms in total. The van der Waals surface area contributed by atoms with Crippen molar-refractivity contribution in [1.82, 2.24) is 14.5 Å². The predicted octanol–water partition coefficient (Wildman–Crippen LogP) is 0.792. The summed E-state index contributed by atoms with van der Waals surface area (Å²) in [7, 11) is 0.545. The lowest BCUT2D eigenvalue weighted by Crippen LogP contribution is -2.52. The fraction of sp³-hybridized carbons (Fsp3) is 0.667. The molecule has 1 aromatic rings. The van der Waals surface area contributed by atoms with E-state index in [1.165, 1.54) is 11.3 Å². The SMILES string of the molecule is CNCc1csc(S(=O)(=O)N2CCN(C)CC2C)c1. The number of rotatable bonds is 4. The number of sulfonamides is 1. The number of piperazine rings is 1. The van der Waals surface area contributed by atoms with Gasteiger partial charge >= 0.3 is 0 Å². The smallest absolute Gasteiger partial charge is 0.252 e. The van der Waals surface area contributed by atoms with Gasteiger partial charge in [-0.25, -0.2) is 8.42 Å². The van der Waals surface area contributed by atoms with E-state index in [9.17, 15) is 8.42 Å². The maximum atomic E-state index is 12.6. The van der Waals surface area contributed by atoms with Crippen molar-refractivity contribution in [3.8, 4) is 0 Å². The number of hydrogen-bond acceptors (Lipinski definition) is 5. The molecule has 0 saturated carbocycles. The minimum atomic E-state index is -3.33. The van der Waals surface area contributed by atoms with Crippen LogP contribution >= 0.6 is 11.3 Å². The number of nitrogens with one attached hydrogen (secondary N) is 1. The molecule has 19 heavy (non-hydrogen) atoms. The van der Waals surface area contributed by atoms with Crippen LogP contribution in [0.1, 0.15) is 12.5 Å². The molecule has 0 aliphatic carbocycles. The van der Waals surface area contributed by atoms with Gasteiger partial charge in [0.25, 0.3) is 10.0 Å². The molecule has 7 heteroatoms. The summed E-state index contributed by atoms with van der Waals surface area (Å²) in [6, 6.07) is 1.81. The molecule has 1 unspecified atom stereocenters. The Morgan fingerprint density at radius 1 is 1.47 bits per heavy atom. The van der Waals surface area contributed by atoms with E-state index in [0.29, 0.717) is 17.3 Å². The first-order chi connectivity index (χ1) is 8.95. The second-order valence-corrected chi connectivity index (χ2v) is 8.06. The van der Waals surface area contributed by atoms with Gasteiger partial charge in [0, 0.05) is 32.2 Å². The third-order valence-electron chi connectivity index (χ3n) is 3.34. The van der Waals surface area contributed by atoms with Crippen LogP contribution in [-0.2, 0) is 16.6 Å². The van der Waals surface area contributed by atoms with Gasteiger partial charge in [0.05, 0.1) is 0 Å². The quantitative estimate of drug-likeness (QED) is 0.893. The molecule has 0 amide bonds. The van der Waals surface area contributed by atoms with Crippen molar-refractivity contribution in [2.24, 2.45) is 0 Å². The third-order valence-corrected chi connectivity index (χ3v) is 6.82. The molecule has 0 bridgehead atoms. The average molecular weight is 303 g/mol. The summed E-state index contributed by atoms with van der Waals surface area (Å²) in [5, 5.41) is 4.94. The van der Waals surface area contributed by atoms with Crippen LogP contribution in [0.25, 0.3) is 0 Å². The minimum Gasteiger partial charge on any atom is -0.316 e. The van der Waals surface area contributed by atoms with Crippen molar-refractivity contribution in [1.29, 1.82) is 0 Å². The van der Waals surface area contributed by atoms with Gasteiger partial charge in [-0.3, -0.25) is 0 Å². The monoisotopic (exact) mass is 303 g/mol. The Bertz CT molecular complexity index is 527. The molecule has 1 aliphatic rings. The van der Waals surface area contributed by atoms with Crippen LogP contribution in [0.5, 0.6) is 0 Å². The van der Waals surface area contributed by atoms with Gasteiger partial charge < -0.3 is 10.2 Å². The molecule has 2 rings (SSSR count). The molecule has 1 atom stereocenters. The summed E-state index contributed by atoms with van der Waals surface area (Å²) >= 11 is 1.31. The Morgan fingerprint density at radius 3 is 2.84 bits per heavy atom. The third kappa shape index (κ3) is 3.17. The number of hydrogen-bond donors (Lipinski definition) is 1. The van der Waals surface area contributed by atoms with Crippen LogP contribution in [0.2, 0.25) is 0 Å². The Balaban J connectivity index is 2.21. The zero-order valence-corrected chi connectivity index (χ0v) is 13.2. The van der Waals surface area contributed by atoms with E-state index < -0.39 is 10.0 Å². The van der Waals surface area contributed by atoms with Gasteiger partial charge in [0.15, 0.2) is 0 Å². The fourth-order valence-electron chi connectivity index (χ4n) is 2.38. The van der Waals surface area contributed by atoms with E-state index in [1.807, 2.05) is 26.4 Å². The van der Waals surface area contributed by atoms with Gasteiger partial charge in [-0.15, -0.1) is 11.3 Å². The van der Waals surface area contributed by atoms with Crippen LogP contribution in [0.15, 0.2) is 15.7 Å². The largest absolute Gasteiger partial charge is 0.316 e. The van der Waals surface area contributed by atoms with Crippen molar-refractivity contribution >= 4 is 21.4 Å². The summed E-state index contributed by atoms with van der Waals surface area (Å²) in [5.74, 6) is 0. The van der Waals surface area contributed by atoms with Crippen LogP contribution in [0, 0.1) is 0 Å². The van der Waals surface area contributed by atoms with Crippen molar-refractivity contribution in [2.75, 3.05) is 33.7 Å². The molecule has 1 aliphatic heterocycles. The first-order valence-corrected chi connectivity index (χ1v) is 8.69. The van der Waals surface area contributed by atoms with Crippen molar-refractivity contribution in [3.63, 3.8) is 0 Å². The zero-order valence-electron chi connectivity index (χ0n) is 11.6. The Kier molecular flexibility index (Phi) is 4.62. The van der Waals surface area contributed by atoms with E-state index in [1.54, 1.807) is 10.4 Å². The lowest BCUT2D eigenvalue weighted by Gasteiger charge is -2.36. The molecule has 0 aromatic carbocycles. The first kappa shape index (κ1) is 14.9. The molecule has 1 fully saturated rings. The Labute approximate surface area is 119 Å². The van der Waals surface area contributed by atoms with Crippen LogP contribution in [-0.4, -0.2) is 57.4 Å². The van der Waals surface area contributed by atoms with Crippen molar-refractivity contribution < 1.29 is 8.42 Å². The van der Waals surface area contributed by atoms with Gasteiger partial charge in [0.1, 0.15) is 4.21 Å². The minimum absolute atomic E-state index is 0.0265. The number of nitrogens with zero attached hydrogens (tertiary/aromatic N) is 2. The summed E-state index contributed by atoms with van der Waals surface area (Å²) in [6.45, 7) is 4.81. The normalized spacial score (nSPS) is 22.8. The highest BCUT2D eigenvalue weighted by molar-refractivity contribution is 7.91. The average Bonchev–Trinajstić information content (AvgIpc) is 2.78. The highest BCUT2D eigenvalue weighted by atomic mass is 32.2. The lowest BCUT2D eigenvalue weighted by molar-refractivity contribution is 0.170. The first-order valence-electron chi connectivity index (χ1n) is 6.37. The van der Waals surface area contributed by atoms with E-state index in [4.69, 9.17) is 0 Å². The van der Waals surface area contributed by atoms with E-state index in [-0.39, 0.29) is 6.04 Å². The molecule has 108 valence electrons. The van der Waals surface area contributed by atoms with Crippen molar-refractivity contribution in [2.45, 2.75) is 23.7 Å². The number of thiophene rings is 1. The Morgan fingerprint density at radius 2 is 2.21 bits per heavy atom. The summed E-state index contributed by atoms with van der Waals surface area (Å²) in [4.78, 5) is 2.16. The van der Waals surface area contributed by atoms with E-state index in [2.05, 4.69) is 10.2 Å². The summed E-state index contributed by atoms with van der Waals surface area (Å²) in [6.07, 6.45) is 0. The predicted molar refractivity (Wildman–Crippen MR) is 77.9 cm³/mol. The van der Waals surface area contributed by atoms with Crippen LogP contribution < -0.4 is 5.32 Å². The Hall–Kier alpha value is -0.470. The van der Waals surface area contributed by atoms with Crippen molar-refractivity contribution in [3.05, 3.63) is 17.0 Å². The topological polar surface area (TPSA) is 52.7 Å². The molecular formula is C12H21N3O2S2. The molecule has 1 N–H and O–H groups in total. The van der Waals surface area contributed by atoms with Gasteiger partial charge in [-0.05, 0) is 38.0 Å². The van der Waals surface area contributed by atoms with Gasteiger partial charge in [-0.1, -0.05) is 0 Å². The maximum Gasteiger partial charge on any atom is 0.252 e. The second kappa shape index (κ2) is 5.88. The van der Waals surface area contributed by atoms with E-state index >= 15 is 0 Å². The standard InChI is InChI=1S/C12H21N3O2S2/c1-10-8-14(3)4-5-15(10)19(16,17)12-6-11(7-13-2)9-18-12/h6,9-10,13H,4-5,7-8H2,1-3H3.